The van der Waals surface area contributed by atoms with Gasteiger partial charge in [0.2, 0.25) is 0 Å². The molecule has 0 aromatic carbocycles. The highest BCUT2D eigenvalue weighted by molar-refractivity contribution is 4.91. The third kappa shape index (κ3) is 2.73. The highest BCUT2D eigenvalue weighted by atomic mass is 16.5. The Hall–Kier alpha value is -0.120. The quantitative estimate of drug-likeness (QED) is 0.711. The number of hydrogen-bond acceptors (Lipinski definition) is 3. The van der Waals surface area contributed by atoms with Crippen LogP contribution < -0.4 is 0 Å². The first-order valence-corrected chi connectivity index (χ1v) is 7.76. The Morgan fingerprint density at radius 2 is 1.78 bits per heavy atom. The van der Waals surface area contributed by atoms with E-state index < -0.39 is 0 Å². The van der Waals surface area contributed by atoms with E-state index in [4.69, 9.17) is 4.74 Å². The Morgan fingerprint density at radius 3 is 2.61 bits per heavy atom. The first-order valence-electron chi connectivity index (χ1n) is 7.76. The fourth-order valence-corrected chi connectivity index (χ4v) is 4.02. The Morgan fingerprint density at radius 1 is 0.944 bits per heavy atom. The highest BCUT2D eigenvalue weighted by Gasteiger charge is 2.36. The van der Waals surface area contributed by atoms with Crippen molar-refractivity contribution >= 4 is 0 Å². The van der Waals surface area contributed by atoms with Crippen LogP contribution in [0.1, 0.15) is 46.0 Å². The molecule has 3 aliphatic heterocycles. The van der Waals surface area contributed by atoms with E-state index >= 15 is 0 Å². The van der Waals surface area contributed by atoms with Crippen molar-refractivity contribution in [3.63, 3.8) is 0 Å². The lowest BCUT2D eigenvalue weighted by Gasteiger charge is -2.49. The Kier molecular flexibility index (Phi) is 3.65. The Labute approximate surface area is 111 Å². The van der Waals surface area contributed by atoms with Crippen molar-refractivity contribution in [3.05, 3.63) is 0 Å². The molecule has 0 spiro atoms. The van der Waals surface area contributed by atoms with Gasteiger partial charge in [-0.3, -0.25) is 9.80 Å². The summed E-state index contributed by atoms with van der Waals surface area (Å²) in [4.78, 5) is 5.49. The minimum Gasteiger partial charge on any atom is -0.375 e. The van der Waals surface area contributed by atoms with Crippen molar-refractivity contribution in [1.29, 1.82) is 0 Å². The van der Waals surface area contributed by atoms with Gasteiger partial charge in [0.05, 0.1) is 5.60 Å². The maximum Gasteiger partial charge on any atom is 0.0641 e. The predicted molar refractivity (Wildman–Crippen MR) is 73.8 cm³/mol. The molecule has 3 saturated heterocycles. The van der Waals surface area contributed by atoms with Crippen LogP contribution in [0.4, 0.5) is 0 Å². The molecule has 3 fully saturated rings. The molecule has 0 bridgehead atoms. The molecule has 0 N–H and O–H groups in total. The van der Waals surface area contributed by atoms with Gasteiger partial charge >= 0.3 is 0 Å². The standard InChI is InChI=1S/C15H28N2O/c1-15(2)11-13(6-10-18-15)17-9-8-16-7-4-3-5-14(16)12-17/h13-14H,3-12H2,1-2H3. The summed E-state index contributed by atoms with van der Waals surface area (Å²) in [6.45, 7) is 10.7. The van der Waals surface area contributed by atoms with Gasteiger partial charge in [0.1, 0.15) is 0 Å². The van der Waals surface area contributed by atoms with Gasteiger partial charge in [-0.25, -0.2) is 0 Å². The number of fused-ring (bicyclic) bond motifs is 1. The molecule has 0 aliphatic carbocycles. The molecule has 0 amide bonds. The second-order valence-electron chi connectivity index (χ2n) is 6.94. The van der Waals surface area contributed by atoms with E-state index in [9.17, 15) is 0 Å². The molecule has 3 heterocycles. The van der Waals surface area contributed by atoms with E-state index in [1.807, 2.05) is 0 Å². The predicted octanol–water partition coefficient (Wildman–Crippen LogP) is 2.11. The molecule has 104 valence electrons. The average molecular weight is 252 g/mol. The lowest BCUT2D eigenvalue weighted by molar-refractivity contribution is -0.0939. The van der Waals surface area contributed by atoms with Gasteiger partial charge in [-0.15, -0.1) is 0 Å². The summed E-state index contributed by atoms with van der Waals surface area (Å²) in [7, 11) is 0. The summed E-state index contributed by atoms with van der Waals surface area (Å²) in [5.74, 6) is 0. The van der Waals surface area contributed by atoms with Crippen molar-refractivity contribution in [1.82, 2.24) is 9.80 Å². The maximum absolute atomic E-state index is 5.86. The van der Waals surface area contributed by atoms with Gasteiger partial charge in [-0.05, 0) is 46.1 Å². The summed E-state index contributed by atoms with van der Waals surface area (Å²) < 4.78 is 5.86. The van der Waals surface area contributed by atoms with Crippen LogP contribution in [0.25, 0.3) is 0 Å². The molecular weight excluding hydrogens is 224 g/mol. The second-order valence-corrected chi connectivity index (χ2v) is 6.94. The summed E-state index contributed by atoms with van der Waals surface area (Å²) in [5, 5.41) is 0. The van der Waals surface area contributed by atoms with Gasteiger partial charge in [0.15, 0.2) is 0 Å². The third-order valence-corrected chi connectivity index (χ3v) is 5.06. The summed E-state index contributed by atoms with van der Waals surface area (Å²) in [5.41, 5.74) is 0.0899. The molecule has 3 aliphatic rings. The number of rotatable bonds is 1. The first kappa shape index (κ1) is 12.9. The monoisotopic (exact) mass is 252 g/mol. The fourth-order valence-electron chi connectivity index (χ4n) is 4.02. The van der Waals surface area contributed by atoms with E-state index in [0.717, 1.165) is 18.7 Å². The second kappa shape index (κ2) is 5.10. The summed E-state index contributed by atoms with van der Waals surface area (Å²) in [6.07, 6.45) is 6.72. The largest absolute Gasteiger partial charge is 0.375 e. The van der Waals surface area contributed by atoms with Crippen molar-refractivity contribution in [3.8, 4) is 0 Å². The molecule has 0 radical (unpaired) electrons. The van der Waals surface area contributed by atoms with Gasteiger partial charge < -0.3 is 4.74 Å². The van der Waals surface area contributed by atoms with Gasteiger partial charge in [-0.1, -0.05) is 6.42 Å². The summed E-state index contributed by atoms with van der Waals surface area (Å²) in [6, 6.07) is 1.61. The Bertz CT molecular complexity index is 292. The normalized spacial score (nSPS) is 38.3. The van der Waals surface area contributed by atoms with Crippen molar-refractivity contribution in [2.45, 2.75) is 63.6 Å². The zero-order valence-corrected chi connectivity index (χ0v) is 12.0. The molecule has 0 aromatic rings. The topological polar surface area (TPSA) is 15.7 Å². The molecule has 0 saturated carbocycles. The first-order chi connectivity index (χ1) is 8.64. The highest BCUT2D eigenvalue weighted by Crippen LogP contribution is 2.30. The number of hydrogen-bond donors (Lipinski definition) is 0. The van der Waals surface area contributed by atoms with Crippen LogP contribution >= 0.6 is 0 Å². The van der Waals surface area contributed by atoms with E-state index in [-0.39, 0.29) is 5.60 Å². The molecule has 3 nitrogen and oxygen atoms in total. The maximum atomic E-state index is 5.86. The zero-order chi connectivity index (χ0) is 12.6. The molecule has 2 unspecified atom stereocenters. The molecule has 3 rings (SSSR count). The van der Waals surface area contributed by atoms with Gasteiger partial charge in [-0.2, -0.15) is 0 Å². The van der Waals surface area contributed by atoms with E-state index in [2.05, 4.69) is 23.6 Å². The number of ether oxygens (including phenoxy) is 1. The van der Waals surface area contributed by atoms with Crippen LogP contribution in [-0.2, 0) is 4.74 Å². The minimum atomic E-state index is 0.0899. The lowest BCUT2D eigenvalue weighted by atomic mass is 9.91. The van der Waals surface area contributed by atoms with Gasteiger partial charge in [0.25, 0.3) is 0 Å². The van der Waals surface area contributed by atoms with Crippen LogP contribution in [0.15, 0.2) is 0 Å². The van der Waals surface area contributed by atoms with Crippen LogP contribution in [0.5, 0.6) is 0 Å². The van der Waals surface area contributed by atoms with Crippen molar-refractivity contribution < 1.29 is 4.74 Å². The zero-order valence-electron chi connectivity index (χ0n) is 12.0. The third-order valence-electron chi connectivity index (χ3n) is 5.06. The average Bonchev–Trinajstić information content (AvgIpc) is 2.37. The minimum absolute atomic E-state index is 0.0899. The van der Waals surface area contributed by atoms with Crippen molar-refractivity contribution in [2.24, 2.45) is 0 Å². The smallest absolute Gasteiger partial charge is 0.0641 e. The summed E-state index contributed by atoms with van der Waals surface area (Å²) >= 11 is 0. The Balaban J connectivity index is 1.60. The van der Waals surface area contributed by atoms with E-state index in [1.165, 1.54) is 58.3 Å². The number of piperazine rings is 1. The van der Waals surface area contributed by atoms with Crippen LogP contribution in [0.2, 0.25) is 0 Å². The fraction of sp³-hybridized carbons (Fsp3) is 1.00. The molecule has 3 heteroatoms. The lowest BCUT2D eigenvalue weighted by Crippen LogP contribution is -2.59. The van der Waals surface area contributed by atoms with E-state index in [1.54, 1.807) is 0 Å². The number of piperidine rings is 1. The number of nitrogens with zero attached hydrogens (tertiary/aromatic N) is 2. The van der Waals surface area contributed by atoms with Crippen LogP contribution in [-0.4, -0.2) is 60.3 Å². The molecule has 2 atom stereocenters. The SMILES string of the molecule is CC1(C)CC(N2CCN3CCCCC3C2)CCO1. The molecular formula is C15H28N2O. The van der Waals surface area contributed by atoms with Crippen LogP contribution in [0.3, 0.4) is 0 Å². The molecule has 0 aromatic heterocycles. The molecule has 18 heavy (non-hydrogen) atoms. The van der Waals surface area contributed by atoms with E-state index in [0.29, 0.717) is 0 Å². The van der Waals surface area contributed by atoms with Crippen LogP contribution in [0, 0.1) is 0 Å². The van der Waals surface area contributed by atoms with Crippen molar-refractivity contribution in [2.75, 3.05) is 32.8 Å². The van der Waals surface area contributed by atoms with Gasteiger partial charge in [0, 0.05) is 38.3 Å².